The minimum Gasteiger partial charge on any atom is -0.444 e. The number of hydrogen-bond donors (Lipinski definition) is 2. The summed E-state index contributed by atoms with van der Waals surface area (Å²) in [7, 11) is 2.04. The maximum absolute atomic E-state index is 9.39. The Labute approximate surface area is 123 Å². The van der Waals surface area contributed by atoms with Crippen LogP contribution in [0.2, 0.25) is 0 Å². The van der Waals surface area contributed by atoms with E-state index in [1.54, 1.807) is 12.3 Å². The third kappa shape index (κ3) is 2.84. The van der Waals surface area contributed by atoms with Gasteiger partial charge in [0.2, 0.25) is 5.76 Å². The fraction of sp³-hybridized carbons (Fsp3) is 0.467. The van der Waals surface area contributed by atoms with Gasteiger partial charge in [-0.3, -0.25) is 0 Å². The van der Waals surface area contributed by atoms with Crippen LogP contribution in [0.5, 0.6) is 0 Å². The van der Waals surface area contributed by atoms with Crippen molar-refractivity contribution in [3.05, 3.63) is 24.1 Å². The summed E-state index contributed by atoms with van der Waals surface area (Å²) in [4.78, 5) is 6.51. The smallest absolute Gasteiger partial charge is 0.204 e. The van der Waals surface area contributed by atoms with Gasteiger partial charge in [-0.15, -0.1) is 0 Å². The summed E-state index contributed by atoms with van der Waals surface area (Å²) >= 11 is 0. The summed E-state index contributed by atoms with van der Waals surface area (Å²) in [6.07, 6.45) is 3.54. The average molecular weight is 286 g/mol. The van der Waals surface area contributed by atoms with Crippen molar-refractivity contribution in [1.29, 1.82) is 5.26 Å². The Morgan fingerprint density at radius 3 is 3.19 bits per heavy atom. The SMILES string of the molecule is CN1CC[C@H](Nc2cc3cc(C#N)oc3cn2)C[C@H]1CO. The number of aliphatic hydroxyl groups is 1. The molecule has 0 saturated carbocycles. The van der Waals surface area contributed by atoms with Crippen LogP contribution in [0.25, 0.3) is 11.0 Å². The van der Waals surface area contributed by atoms with Crippen molar-refractivity contribution in [1.82, 2.24) is 9.88 Å². The molecule has 2 N–H and O–H groups in total. The fourth-order valence-electron chi connectivity index (χ4n) is 2.80. The topological polar surface area (TPSA) is 85.3 Å². The molecule has 0 amide bonds. The van der Waals surface area contributed by atoms with E-state index in [0.29, 0.717) is 17.4 Å². The lowest BCUT2D eigenvalue weighted by Crippen LogP contribution is -2.46. The molecule has 1 saturated heterocycles. The van der Waals surface area contributed by atoms with Gasteiger partial charge >= 0.3 is 0 Å². The summed E-state index contributed by atoms with van der Waals surface area (Å²) in [6, 6.07) is 6.09. The number of furan rings is 1. The monoisotopic (exact) mass is 286 g/mol. The summed E-state index contributed by atoms with van der Waals surface area (Å²) in [5.74, 6) is 1.07. The number of anilines is 1. The Morgan fingerprint density at radius 2 is 2.43 bits per heavy atom. The second-order valence-corrected chi connectivity index (χ2v) is 5.51. The standard InChI is InChI=1S/C15H18N4O2/c1-19-3-2-11(6-12(19)9-20)18-15-5-10-4-13(7-16)21-14(10)8-17-15/h4-5,8,11-12,20H,2-3,6,9H2,1H3,(H,17,18)/t11-,12-/m0/s1. The predicted octanol–water partition coefficient (Wildman–Crippen LogP) is 1.57. The molecular weight excluding hydrogens is 268 g/mol. The van der Waals surface area contributed by atoms with E-state index in [1.807, 2.05) is 19.2 Å². The number of aliphatic hydroxyl groups excluding tert-OH is 1. The van der Waals surface area contributed by atoms with Crippen molar-refractivity contribution in [3.63, 3.8) is 0 Å². The summed E-state index contributed by atoms with van der Waals surface area (Å²) in [5, 5.41) is 22.5. The zero-order valence-electron chi connectivity index (χ0n) is 11.9. The first-order chi connectivity index (χ1) is 10.2. The number of likely N-dealkylation sites (tertiary alicyclic amines) is 1. The molecule has 1 aliphatic rings. The highest BCUT2D eigenvalue weighted by Crippen LogP contribution is 2.23. The van der Waals surface area contributed by atoms with Gasteiger partial charge in [0, 0.05) is 30.1 Å². The molecule has 2 aromatic heterocycles. The zero-order chi connectivity index (χ0) is 14.8. The third-order valence-corrected chi connectivity index (χ3v) is 4.09. The number of fused-ring (bicyclic) bond motifs is 1. The highest BCUT2D eigenvalue weighted by atomic mass is 16.3. The van der Waals surface area contributed by atoms with Crippen molar-refractivity contribution in [2.45, 2.75) is 24.9 Å². The van der Waals surface area contributed by atoms with Gasteiger partial charge < -0.3 is 19.7 Å². The number of nitrogens with zero attached hydrogens (tertiary/aromatic N) is 3. The van der Waals surface area contributed by atoms with Crippen LogP contribution in [0.15, 0.2) is 22.7 Å². The zero-order valence-corrected chi connectivity index (χ0v) is 11.9. The van der Waals surface area contributed by atoms with Crippen LogP contribution < -0.4 is 5.32 Å². The first-order valence-corrected chi connectivity index (χ1v) is 7.07. The number of nitrogens with one attached hydrogen (secondary N) is 1. The number of nitriles is 1. The molecule has 6 nitrogen and oxygen atoms in total. The molecule has 0 radical (unpaired) electrons. The van der Waals surface area contributed by atoms with Gasteiger partial charge in [-0.05, 0) is 26.0 Å². The quantitative estimate of drug-likeness (QED) is 0.890. The molecule has 2 aromatic rings. The van der Waals surface area contributed by atoms with Crippen molar-refractivity contribution in [2.24, 2.45) is 0 Å². The molecule has 2 atom stereocenters. The molecule has 21 heavy (non-hydrogen) atoms. The Hall–Kier alpha value is -2.10. The Kier molecular flexibility index (Phi) is 3.78. The van der Waals surface area contributed by atoms with Gasteiger partial charge in [0.1, 0.15) is 11.9 Å². The maximum atomic E-state index is 9.39. The minimum atomic E-state index is 0.175. The second kappa shape index (κ2) is 5.72. The van der Waals surface area contributed by atoms with Gasteiger partial charge in [0.25, 0.3) is 0 Å². The summed E-state index contributed by atoms with van der Waals surface area (Å²) < 4.78 is 5.32. The van der Waals surface area contributed by atoms with E-state index in [-0.39, 0.29) is 12.6 Å². The number of hydrogen-bond acceptors (Lipinski definition) is 6. The number of rotatable bonds is 3. The molecule has 0 bridgehead atoms. The van der Waals surface area contributed by atoms with E-state index >= 15 is 0 Å². The summed E-state index contributed by atoms with van der Waals surface area (Å²) in [5.41, 5.74) is 0.619. The molecule has 3 heterocycles. The first kappa shape index (κ1) is 13.9. The molecule has 110 valence electrons. The Morgan fingerprint density at radius 1 is 1.57 bits per heavy atom. The van der Waals surface area contributed by atoms with Crippen LogP contribution in [-0.4, -0.2) is 47.3 Å². The van der Waals surface area contributed by atoms with Crippen LogP contribution >= 0.6 is 0 Å². The van der Waals surface area contributed by atoms with E-state index in [2.05, 4.69) is 15.2 Å². The predicted molar refractivity (Wildman–Crippen MR) is 78.9 cm³/mol. The van der Waals surface area contributed by atoms with Gasteiger partial charge in [-0.1, -0.05) is 0 Å². The number of likely N-dealkylation sites (N-methyl/N-ethyl adjacent to an activating group) is 1. The van der Waals surface area contributed by atoms with Crippen molar-refractivity contribution < 1.29 is 9.52 Å². The van der Waals surface area contributed by atoms with Crippen LogP contribution in [0, 0.1) is 11.3 Å². The van der Waals surface area contributed by atoms with E-state index in [0.717, 1.165) is 30.6 Å². The van der Waals surface area contributed by atoms with E-state index in [1.165, 1.54) is 0 Å². The van der Waals surface area contributed by atoms with Crippen molar-refractivity contribution >= 4 is 16.8 Å². The van der Waals surface area contributed by atoms with E-state index in [9.17, 15) is 5.11 Å². The Balaban J connectivity index is 1.74. The largest absolute Gasteiger partial charge is 0.444 e. The van der Waals surface area contributed by atoms with Crippen LogP contribution in [0.1, 0.15) is 18.6 Å². The average Bonchev–Trinajstić information content (AvgIpc) is 2.91. The molecule has 0 aliphatic carbocycles. The second-order valence-electron chi connectivity index (χ2n) is 5.51. The van der Waals surface area contributed by atoms with Crippen molar-refractivity contribution in [2.75, 3.05) is 25.5 Å². The lowest BCUT2D eigenvalue weighted by atomic mass is 9.98. The van der Waals surface area contributed by atoms with Gasteiger partial charge in [-0.2, -0.15) is 5.26 Å². The molecule has 1 fully saturated rings. The molecule has 0 unspecified atom stereocenters. The minimum absolute atomic E-state index is 0.175. The van der Waals surface area contributed by atoms with Gasteiger partial charge in [0.15, 0.2) is 5.58 Å². The molecule has 1 aliphatic heterocycles. The van der Waals surface area contributed by atoms with E-state index in [4.69, 9.17) is 9.68 Å². The highest BCUT2D eigenvalue weighted by molar-refractivity contribution is 5.80. The third-order valence-electron chi connectivity index (χ3n) is 4.09. The molecule has 3 rings (SSSR count). The molecular formula is C15H18N4O2. The lowest BCUT2D eigenvalue weighted by Gasteiger charge is -2.36. The van der Waals surface area contributed by atoms with Crippen LogP contribution in [-0.2, 0) is 0 Å². The van der Waals surface area contributed by atoms with Crippen LogP contribution in [0.3, 0.4) is 0 Å². The fourth-order valence-corrected chi connectivity index (χ4v) is 2.80. The maximum Gasteiger partial charge on any atom is 0.204 e. The summed E-state index contributed by atoms with van der Waals surface area (Å²) in [6.45, 7) is 1.13. The first-order valence-electron chi connectivity index (χ1n) is 7.07. The number of aromatic nitrogens is 1. The Bertz CT molecular complexity index is 676. The highest BCUT2D eigenvalue weighted by Gasteiger charge is 2.25. The van der Waals surface area contributed by atoms with Gasteiger partial charge in [-0.25, -0.2) is 4.98 Å². The van der Waals surface area contributed by atoms with Crippen molar-refractivity contribution in [3.8, 4) is 6.07 Å². The molecule has 6 heteroatoms. The number of piperidine rings is 1. The molecule has 0 spiro atoms. The lowest BCUT2D eigenvalue weighted by molar-refractivity contribution is 0.108. The molecule has 0 aromatic carbocycles. The van der Waals surface area contributed by atoms with Crippen LogP contribution in [0.4, 0.5) is 5.82 Å². The normalized spacial score (nSPS) is 23.1. The number of pyridine rings is 1. The van der Waals surface area contributed by atoms with Gasteiger partial charge in [0.05, 0.1) is 12.8 Å². The van der Waals surface area contributed by atoms with E-state index < -0.39 is 0 Å².